The van der Waals surface area contributed by atoms with Crippen LogP contribution in [0.25, 0.3) is 11.0 Å². The Balaban J connectivity index is 1.77. The summed E-state index contributed by atoms with van der Waals surface area (Å²) in [5.41, 5.74) is 1.47. The Morgan fingerprint density at radius 2 is 1.90 bits per heavy atom. The summed E-state index contributed by atoms with van der Waals surface area (Å²) in [6.45, 7) is 7.61. The second-order valence-electron chi connectivity index (χ2n) is 7.29. The Morgan fingerprint density at radius 1 is 1.13 bits per heavy atom. The van der Waals surface area contributed by atoms with Gasteiger partial charge in [-0.3, -0.25) is 9.59 Å². The number of hydrogen-bond donors (Lipinski definition) is 0. The number of rotatable bonds is 9. The molecule has 31 heavy (non-hydrogen) atoms. The Morgan fingerprint density at radius 3 is 2.65 bits per heavy atom. The molecule has 0 bridgehead atoms. The van der Waals surface area contributed by atoms with Crippen molar-refractivity contribution < 1.29 is 18.7 Å². The van der Waals surface area contributed by atoms with Crippen molar-refractivity contribution in [2.75, 3.05) is 26.4 Å². The van der Waals surface area contributed by atoms with E-state index < -0.39 is 6.04 Å². The van der Waals surface area contributed by atoms with Crippen molar-refractivity contribution >= 4 is 16.9 Å². The van der Waals surface area contributed by atoms with Crippen LogP contribution in [-0.2, 0) is 4.74 Å². The van der Waals surface area contributed by atoms with E-state index in [0.717, 1.165) is 5.56 Å². The molecular weight excluding hydrogens is 394 g/mol. The predicted molar refractivity (Wildman–Crippen MR) is 119 cm³/mol. The largest absolute Gasteiger partial charge is 0.490 e. The highest BCUT2D eigenvalue weighted by Crippen LogP contribution is 2.38. The van der Waals surface area contributed by atoms with E-state index in [1.54, 1.807) is 35.2 Å². The molecule has 0 saturated heterocycles. The molecule has 0 spiro atoms. The average molecular weight is 419 g/mol. The van der Waals surface area contributed by atoms with Gasteiger partial charge in [-0.15, -0.1) is 0 Å². The molecule has 1 amide bonds. The predicted octanol–water partition coefficient (Wildman–Crippen LogP) is 4.33. The summed E-state index contributed by atoms with van der Waals surface area (Å²) in [6.07, 6.45) is 2.34. The lowest BCUT2D eigenvalue weighted by Crippen LogP contribution is -2.31. The molecule has 0 unspecified atom stereocenters. The first-order valence-corrected chi connectivity index (χ1v) is 10.4. The van der Waals surface area contributed by atoms with Crippen LogP contribution in [-0.4, -0.2) is 37.2 Å². The molecule has 0 N–H and O–H groups in total. The third-order valence-corrected chi connectivity index (χ3v) is 5.33. The fraction of sp³-hybridized carbons (Fsp3) is 0.280. The number of fused-ring (bicyclic) bond motifs is 2. The highest BCUT2D eigenvalue weighted by atomic mass is 16.5. The van der Waals surface area contributed by atoms with Gasteiger partial charge in [0, 0.05) is 19.8 Å². The standard InChI is InChI=1S/C25H25NO5/c1-3-15-30-18-12-10-17(11-13-18)22-21-23(27)19-8-5-6-9-20(19)31-24(21)25(28)26(22)14-7-16-29-4-2/h3,5-6,8-13,22H,1,4,7,14-16H2,2H3/t22-/m0/s1. The van der Waals surface area contributed by atoms with E-state index in [2.05, 4.69) is 6.58 Å². The Kier molecular flexibility index (Phi) is 6.18. The summed E-state index contributed by atoms with van der Waals surface area (Å²) in [5, 5.41) is 0.473. The zero-order valence-corrected chi connectivity index (χ0v) is 17.5. The maximum atomic E-state index is 13.4. The number of nitrogens with zero attached hydrogens (tertiary/aromatic N) is 1. The van der Waals surface area contributed by atoms with Crippen molar-refractivity contribution in [3.63, 3.8) is 0 Å². The van der Waals surface area contributed by atoms with E-state index in [4.69, 9.17) is 13.9 Å². The molecule has 1 atom stereocenters. The van der Waals surface area contributed by atoms with Crippen LogP contribution in [0.5, 0.6) is 5.75 Å². The summed E-state index contributed by atoms with van der Waals surface area (Å²) in [5.74, 6) is 0.546. The van der Waals surface area contributed by atoms with Gasteiger partial charge in [-0.2, -0.15) is 0 Å². The zero-order valence-electron chi connectivity index (χ0n) is 17.5. The molecule has 0 radical (unpaired) electrons. The molecule has 0 fully saturated rings. The normalized spacial score (nSPS) is 15.3. The fourth-order valence-corrected chi connectivity index (χ4v) is 3.93. The maximum Gasteiger partial charge on any atom is 0.290 e. The lowest BCUT2D eigenvalue weighted by Gasteiger charge is -2.25. The summed E-state index contributed by atoms with van der Waals surface area (Å²) in [7, 11) is 0. The van der Waals surface area contributed by atoms with Crippen LogP contribution < -0.4 is 10.2 Å². The average Bonchev–Trinajstić information content (AvgIpc) is 3.08. The molecular formula is C25H25NO5. The zero-order chi connectivity index (χ0) is 21.8. The summed E-state index contributed by atoms with van der Waals surface area (Å²) >= 11 is 0. The molecule has 0 saturated carbocycles. The molecule has 0 aliphatic carbocycles. The molecule has 3 aromatic rings. The summed E-state index contributed by atoms with van der Waals surface area (Å²) in [4.78, 5) is 28.3. The van der Waals surface area contributed by atoms with Gasteiger partial charge in [-0.25, -0.2) is 0 Å². The van der Waals surface area contributed by atoms with Gasteiger partial charge >= 0.3 is 0 Å². The third-order valence-electron chi connectivity index (χ3n) is 5.33. The Bertz CT molecular complexity index is 1150. The number of ether oxygens (including phenoxy) is 2. The quantitative estimate of drug-likeness (QED) is 0.381. The van der Waals surface area contributed by atoms with Crippen molar-refractivity contribution in [1.82, 2.24) is 4.90 Å². The second-order valence-corrected chi connectivity index (χ2v) is 7.29. The first-order chi connectivity index (χ1) is 15.2. The monoisotopic (exact) mass is 419 g/mol. The Hall–Kier alpha value is -3.38. The van der Waals surface area contributed by atoms with Crippen LogP contribution in [0.15, 0.2) is 70.4 Å². The van der Waals surface area contributed by atoms with Crippen LogP contribution >= 0.6 is 0 Å². The van der Waals surface area contributed by atoms with Crippen LogP contribution in [0.2, 0.25) is 0 Å². The van der Waals surface area contributed by atoms with Gasteiger partial charge in [0.25, 0.3) is 5.91 Å². The van der Waals surface area contributed by atoms with Gasteiger partial charge in [0.1, 0.15) is 17.9 Å². The smallest absolute Gasteiger partial charge is 0.290 e. The number of amides is 1. The number of hydrogen-bond acceptors (Lipinski definition) is 5. The van der Waals surface area contributed by atoms with E-state index in [-0.39, 0.29) is 17.1 Å². The van der Waals surface area contributed by atoms with Crippen LogP contribution in [0.3, 0.4) is 0 Å². The Labute approximate surface area is 180 Å². The fourth-order valence-electron chi connectivity index (χ4n) is 3.93. The molecule has 2 aromatic carbocycles. The van der Waals surface area contributed by atoms with E-state index in [9.17, 15) is 9.59 Å². The molecule has 160 valence electrons. The van der Waals surface area contributed by atoms with E-state index in [0.29, 0.717) is 55.1 Å². The molecule has 4 rings (SSSR count). The molecule has 6 heteroatoms. The van der Waals surface area contributed by atoms with Crippen LogP contribution in [0.4, 0.5) is 0 Å². The molecule has 1 aliphatic heterocycles. The van der Waals surface area contributed by atoms with Gasteiger partial charge in [0.2, 0.25) is 5.76 Å². The van der Waals surface area contributed by atoms with Gasteiger partial charge in [-0.05, 0) is 43.2 Å². The van der Waals surface area contributed by atoms with Gasteiger partial charge in [-0.1, -0.05) is 36.9 Å². The summed E-state index contributed by atoms with van der Waals surface area (Å²) < 4.78 is 16.9. The number of carbonyl (C=O) groups excluding carboxylic acids is 1. The maximum absolute atomic E-state index is 13.4. The number of para-hydroxylation sites is 1. The lowest BCUT2D eigenvalue weighted by molar-refractivity contribution is 0.0696. The highest BCUT2D eigenvalue weighted by Gasteiger charge is 2.42. The van der Waals surface area contributed by atoms with Crippen molar-refractivity contribution in [3.05, 3.63) is 88.3 Å². The van der Waals surface area contributed by atoms with E-state index in [1.165, 1.54) is 0 Å². The topological polar surface area (TPSA) is 69.0 Å². The van der Waals surface area contributed by atoms with Crippen molar-refractivity contribution in [2.24, 2.45) is 0 Å². The molecule has 2 heterocycles. The van der Waals surface area contributed by atoms with Crippen molar-refractivity contribution in [2.45, 2.75) is 19.4 Å². The van der Waals surface area contributed by atoms with Crippen molar-refractivity contribution in [1.29, 1.82) is 0 Å². The molecule has 6 nitrogen and oxygen atoms in total. The molecule has 1 aromatic heterocycles. The number of benzene rings is 2. The molecule has 1 aliphatic rings. The van der Waals surface area contributed by atoms with E-state index in [1.807, 2.05) is 31.2 Å². The second kappa shape index (κ2) is 9.18. The third kappa shape index (κ3) is 3.99. The van der Waals surface area contributed by atoms with Crippen LogP contribution in [0, 0.1) is 0 Å². The first-order valence-electron chi connectivity index (χ1n) is 10.4. The summed E-state index contributed by atoms with van der Waals surface area (Å²) in [6, 6.07) is 13.9. The van der Waals surface area contributed by atoms with Gasteiger partial charge in [0.05, 0.1) is 17.0 Å². The minimum atomic E-state index is -0.515. The highest BCUT2D eigenvalue weighted by molar-refractivity contribution is 5.99. The van der Waals surface area contributed by atoms with Crippen molar-refractivity contribution in [3.8, 4) is 5.75 Å². The van der Waals surface area contributed by atoms with E-state index >= 15 is 0 Å². The van der Waals surface area contributed by atoms with Gasteiger partial charge in [0.15, 0.2) is 5.43 Å². The van der Waals surface area contributed by atoms with Crippen LogP contribution in [0.1, 0.15) is 41.1 Å². The minimum Gasteiger partial charge on any atom is -0.490 e. The lowest BCUT2D eigenvalue weighted by atomic mass is 9.98. The minimum absolute atomic E-state index is 0.122. The SMILES string of the molecule is C=CCOc1ccc([C@H]2c3c(oc4ccccc4c3=O)C(=O)N2CCCOCC)cc1. The first kappa shape index (κ1) is 20.9. The number of carbonyl (C=O) groups is 1. The van der Waals surface area contributed by atoms with Gasteiger partial charge < -0.3 is 18.8 Å².